The van der Waals surface area contributed by atoms with Crippen molar-refractivity contribution in [3.8, 4) is 11.5 Å². The molecule has 1 saturated heterocycles. The number of nitrogens with zero attached hydrogens (tertiary/aromatic N) is 1. The van der Waals surface area contributed by atoms with Crippen LogP contribution in [0.1, 0.15) is 17.2 Å². The maximum Gasteiger partial charge on any atom is 0.573 e. The highest BCUT2D eigenvalue weighted by Crippen LogP contribution is 2.33. The van der Waals surface area contributed by atoms with Crippen LogP contribution in [0.2, 0.25) is 0 Å². The van der Waals surface area contributed by atoms with Gasteiger partial charge < -0.3 is 14.8 Å². The van der Waals surface area contributed by atoms with E-state index in [1.54, 1.807) is 24.3 Å². The van der Waals surface area contributed by atoms with Gasteiger partial charge in [0.25, 0.3) is 0 Å². The van der Waals surface area contributed by atoms with Crippen LogP contribution in [0.25, 0.3) is 0 Å². The molecule has 1 aliphatic rings. The number of benzene rings is 2. The van der Waals surface area contributed by atoms with Crippen LogP contribution in [0.3, 0.4) is 0 Å². The minimum atomic E-state index is -4.76. The molecule has 0 bridgehead atoms. The molecular formula is C19H19F5N2O2. The quantitative estimate of drug-likeness (QED) is 0.735. The predicted molar refractivity (Wildman–Crippen MR) is 92.5 cm³/mol. The zero-order valence-corrected chi connectivity index (χ0v) is 14.8. The SMILES string of the molecule is FC(F)Oc1cccc([C@H](c2ccc(OC(F)(F)F)cc2)N2CCNCC2)c1. The van der Waals surface area contributed by atoms with Crippen LogP contribution >= 0.6 is 0 Å². The largest absolute Gasteiger partial charge is 0.573 e. The van der Waals surface area contributed by atoms with Gasteiger partial charge in [-0.1, -0.05) is 24.3 Å². The summed E-state index contributed by atoms with van der Waals surface area (Å²) in [5.41, 5.74) is 1.44. The average Bonchev–Trinajstić information content (AvgIpc) is 2.63. The number of hydrogen-bond acceptors (Lipinski definition) is 4. The first-order chi connectivity index (χ1) is 13.3. The molecular weight excluding hydrogens is 383 g/mol. The van der Waals surface area contributed by atoms with Crippen LogP contribution in [0.4, 0.5) is 22.0 Å². The van der Waals surface area contributed by atoms with E-state index >= 15 is 0 Å². The molecule has 3 rings (SSSR count). The van der Waals surface area contributed by atoms with Crippen LogP contribution in [0, 0.1) is 0 Å². The normalized spacial score (nSPS) is 16.8. The van der Waals surface area contributed by atoms with Crippen molar-refractivity contribution in [1.82, 2.24) is 10.2 Å². The molecule has 0 saturated carbocycles. The maximum atomic E-state index is 12.6. The van der Waals surface area contributed by atoms with Crippen LogP contribution in [0.15, 0.2) is 48.5 Å². The molecule has 0 aliphatic carbocycles. The van der Waals surface area contributed by atoms with Crippen molar-refractivity contribution in [3.05, 3.63) is 59.7 Å². The van der Waals surface area contributed by atoms with E-state index in [0.29, 0.717) is 18.7 Å². The lowest BCUT2D eigenvalue weighted by molar-refractivity contribution is -0.274. The van der Waals surface area contributed by atoms with E-state index < -0.39 is 13.0 Å². The highest BCUT2D eigenvalue weighted by molar-refractivity contribution is 5.39. The molecule has 0 radical (unpaired) electrons. The number of hydrogen-bond donors (Lipinski definition) is 1. The molecule has 1 heterocycles. The number of alkyl halides is 5. The lowest BCUT2D eigenvalue weighted by Crippen LogP contribution is -2.45. The number of rotatable bonds is 6. The van der Waals surface area contributed by atoms with Gasteiger partial charge in [0.2, 0.25) is 0 Å². The van der Waals surface area contributed by atoms with Crippen molar-refractivity contribution >= 4 is 0 Å². The van der Waals surface area contributed by atoms with Gasteiger partial charge >= 0.3 is 13.0 Å². The first-order valence-corrected chi connectivity index (χ1v) is 8.67. The molecule has 1 atom stereocenters. The molecule has 1 fully saturated rings. The van der Waals surface area contributed by atoms with Gasteiger partial charge in [0.1, 0.15) is 11.5 Å². The summed E-state index contributed by atoms with van der Waals surface area (Å²) in [4.78, 5) is 2.14. The second-order valence-electron chi connectivity index (χ2n) is 6.26. The first kappa shape index (κ1) is 20.3. The average molecular weight is 402 g/mol. The van der Waals surface area contributed by atoms with Crippen LogP contribution in [0.5, 0.6) is 11.5 Å². The molecule has 1 N–H and O–H groups in total. The smallest absolute Gasteiger partial charge is 0.435 e. The zero-order valence-electron chi connectivity index (χ0n) is 14.8. The Morgan fingerprint density at radius 1 is 0.893 bits per heavy atom. The number of piperazine rings is 1. The van der Waals surface area contributed by atoms with Crippen LogP contribution in [-0.2, 0) is 0 Å². The van der Waals surface area contributed by atoms with Gasteiger partial charge in [0.15, 0.2) is 0 Å². The van der Waals surface area contributed by atoms with Crippen LogP contribution < -0.4 is 14.8 Å². The van der Waals surface area contributed by atoms with E-state index in [-0.39, 0.29) is 17.5 Å². The van der Waals surface area contributed by atoms with Crippen molar-refractivity contribution < 1.29 is 31.4 Å². The third-order valence-corrected chi connectivity index (χ3v) is 4.35. The molecule has 2 aromatic carbocycles. The van der Waals surface area contributed by atoms with Crippen molar-refractivity contribution in [1.29, 1.82) is 0 Å². The lowest BCUT2D eigenvalue weighted by atomic mass is 9.96. The van der Waals surface area contributed by atoms with Gasteiger partial charge in [-0.25, -0.2) is 0 Å². The molecule has 2 aromatic rings. The number of halogens is 5. The lowest BCUT2D eigenvalue weighted by Gasteiger charge is -2.35. The first-order valence-electron chi connectivity index (χ1n) is 8.67. The molecule has 4 nitrogen and oxygen atoms in total. The Balaban J connectivity index is 1.91. The van der Waals surface area contributed by atoms with Crippen LogP contribution in [-0.4, -0.2) is 44.1 Å². The minimum Gasteiger partial charge on any atom is -0.435 e. The highest BCUT2D eigenvalue weighted by atomic mass is 19.4. The van der Waals surface area contributed by atoms with Gasteiger partial charge in [-0.3, -0.25) is 4.90 Å². The molecule has 0 spiro atoms. The summed E-state index contributed by atoms with van der Waals surface area (Å²) in [7, 11) is 0. The fraction of sp³-hybridized carbons (Fsp3) is 0.368. The standard InChI is InChI=1S/C19H19F5N2O2/c20-18(21)27-16-3-1-2-14(12-16)17(26-10-8-25-9-11-26)13-4-6-15(7-5-13)28-19(22,23)24/h1-7,12,17-18,25H,8-11H2/t17-/m0/s1. The minimum absolute atomic E-state index is 0.0321. The Labute approximate surface area is 158 Å². The van der Waals surface area contributed by atoms with Crippen molar-refractivity contribution in [3.63, 3.8) is 0 Å². The molecule has 0 amide bonds. The molecule has 28 heavy (non-hydrogen) atoms. The molecule has 1 aliphatic heterocycles. The van der Waals surface area contributed by atoms with E-state index in [9.17, 15) is 22.0 Å². The molecule has 0 unspecified atom stereocenters. The van der Waals surface area contributed by atoms with Gasteiger partial charge in [-0.2, -0.15) is 8.78 Å². The van der Waals surface area contributed by atoms with Gasteiger partial charge in [-0.05, 0) is 35.4 Å². The highest BCUT2D eigenvalue weighted by Gasteiger charge is 2.31. The Hall–Kier alpha value is -2.39. The molecule has 152 valence electrons. The van der Waals surface area contributed by atoms with E-state index in [4.69, 9.17) is 0 Å². The van der Waals surface area contributed by atoms with Crippen molar-refractivity contribution in [2.24, 2.45) is 0 Å². The Bertz CT molecular complexity index is 762. The Kier molecular flexibility index (Phi) is 6.35. The summed E-state index contributed by atoms with van der Waals surface area (Å²) in [5, 5.41) is 3.23. The summed E-state index contributed by atoms with van der Waals surface area (Å²) in [5.74, 6) is -0.283. The molecule has 9 heteroatoms. The topological polar surface area (TPSA) is 33.7 Å². The Morgan fingerprint density at radius 2 is 1.57 bits per heavy atom. The van der Waals surface area contributed by atoms with Crippen molar-refractivity contribution in [2.45, 2.75) is 19.0 Å². The summed E-state index contributed by atoms with van der Waals surface area (Å²) < 4.78 is 70.7. The molecule has 0 aromatic heterocycles. The summed E-state index contributed by atoms with van der Waals surface area (Å²) in [6.45, 7) is -0.0406. The van der Waals surface area contributed by atoms with Gasteiger partial charge in [-0.15, -0.1) is 13.2 Å². The van der Waals surface area contributed by atoms with Gasteiger partial charge in [0.05, 0.1) is 6.04 Å². The zero-order chi connectivity index (χ0) is 20.1. The fourth-order valence-corrected chi connectivity index (χ4v) is 3.27. The third-order valence-electron chi connectivity index (χ3n) is 4.35. The van der Waals surface area contributed by atoms with Crippen molar-refractivity contribution in [2.75, 3.05) is 26.2 Å². The van der Waals surface area contributed by atoms with E-state index in [1.807, 2.05) is 0 Å². The van der Waals surface area contributed by atoms with E-state index in [1.165, 1.54) is 24.3 Å². The Morgan fingerprint density at radius 3 is 2.18 bits per heavy atom. The monoisotopic (exact) mass is 402 g/mol. The summed E-state index contributed by atoms with van der Waals surface area (Å²) >= 11 is 0. The maximum absolute atomic E-state index is 12.6. The van der Waals surface area contributed by atoms with E-state index in [2.05, 4.69) is 19.7 Å². The van der Waals surface area contributed by atoms with Gasteiger partial charge in [0, 0.05) is 26.2 Å². The second-order valence-corrected chi connectivity index (χ2v) is 6.26. The fourth-order valence-electron chi connectivity index (χ4n) is 3.27. The number of ether oxygens (including phenoxy) is 2. The third kappa shape index (κ3) is 5.56. The van der Waals surface area contributed by atoms with E-state index in [0.717, 1.165) is 18.7 Å². The summed E-state index contributed by atoms with van der Waals surface area (Å²) in [6, 6.07) is 11.6. The number of nitrogens with one attached hydrogen (secondary N) is 1. The summed E-state index contributed by atoms with van der Waals surface area (Å²) in [6.07, 6.45) is -4.76. The predicted octanol–water partition coefficient (Wildman–Crippen LogP) is 4.18. The second kappa shape index (κ2) is 8.74.